The van der Waals surface area contributed by atoms with Crippen LogP contribution in [0, 0.1) is 0 Å². The number of methoxy groups -OCH3 is 1. The molecule has 3 rings (SSSR count). The molecule has 0 radical (unpaired) electrons. The van der Waals surface area contributed by atoms with Crippen molar-refractivity contribution < 1.29 is 37.4 Å². The second kappa shape index (κ2) is 19.1. The summed E-state index contributed by atoms with van der Waals surface area (Å²) in [6, 6.07) is 17.3. The topological polar surface area (TPSA) is 147 Å². The summed E-state index contributed by atoms with van der Waals surface area (Å²) < 4.78 is 40.7. The quantitative estimate of drug-likeness (QED) is 0.0741. The van der Waals surface area contributed by atoms with E-state index in [1.807, 2.05) is 75.4 Å². The first-order valence-corrected chi connectivity index (χ1v) is 17.9. The zero-order valence-electron chi connectivity index (χ0n) is 28.8. The Morgan fingerprint density at radius 3 is 2.21 bits per heavy atom. The average Bonchev–Trinajstić information content (AvgIpc) is 3.05. The highest BCUT2D eigenvalue weighted by Gasteiger charge is 2.43. The average molecular weight is 685 g/mol. The van der Waals surface area contributed by atoms with Gasteiger partial charge < -0.3 is 33.9 Å². The smallest absolute Gasteiger partial charge is 0.407 e. The van der Waals surface area contributed by atoms with Gasteiger partial charge in [0.25, 0.3) is 0 Å². The molecule has 1 heterocycles. The maximum Gasteiger partial charge on any atom is 0.407 e. The molecule has 12 nitrogen and oxygen atoms in total. The molecule has 3 aromatic rings. The second-order valence-electron chi connectivity index (χ2n) is 11.9. The summed E-state index contributed by atoms with van der Waals surface area (Å²) in [5.41, 5.74) is 2.45. The third-order valence-corrected chi connectivity index (χ3v) is 9.06. The lowest BCUT2D eigenvalue weighted by Gasteiger charge is -2.26. The van der Waals surface area contributed by atoms with Crippen LogP contribution in [0.5, 0.6) is 5.75 Å². The minimum Gasteiger partial charge on any atom is -0.494 e. The Labute approximate surface area is 283 Å². The Morgan fingerprint density at radius 1 is 0.917 bits per heavy atom. The van der Waals surface area contributed by atoms with Crippen molar-refractivity contribution in [1.29, 1.82) is 0 Å². The molecule has 13 heteroatoms. The van der Waals surface area contributed by atoms with Crippen LogP contribution in [0.1, 0.15) is 71.6 Å². The first-order valence-electron chi connectivity index (χ1n) is 16.3. The number of unbranched alkanes of at least 4 members (excludes halogenated alkanes) is 3. The van der Waals surface area contributed by atoms with Crippen molar-refractivity contribution in [3.63, 3.8) is 0 Å². The van der Waals surface area contributed by atoms with Gasteiger partial charge in [-0.2, -0.15) is 0 Å². The van der Waals surface area contributed by atoms with E-state index >= 15 is 0 Å². The van der Waals surface area contributed by atoms with E-state index in [4.69, 9.17) is 28.2 Å². The van der Waals surface area contributed by atoms with E-state index in [2.05, 4.69) is 15.6 Å². The van der Waals surface area contributed by atoms with Crippen LogP contribution in [0.25, 0.3) is 11.3 Å². The number of hydrogen-bond acceptors (Lipinski definition) is 11. The number of alkyl carbamates (subject to hydrolysis) is 1. The van der Waals surface area contributed by atoms with Gasteiger partial charge in [-0.05, 0) is 77.3 Å². The number of rotatable bonds is 19. The Bertz CT molecular complexity index is 1470. The van der Waals surface area contributed by atoms with E-state index in [-0.39, 0.29) is 25.1 Å². The third kappa shape index (κ3) is 12.6. The van der Waals surface area contributed by atoms with Crippen molar-refractivity contribution in [3.05, 3.63) is 72.1 Å². The van der Waals surface area contributed by atoms with E-state index < -0.39 is 24.9 Å². The molecule has 0 fully saturated rings. The lowest BCUT2D eigenvalue weighted by Crippen LogP contribution is -2.33. The maximum atomic E-state index is 13.6. The van der Waals surface area contributed by atoms with Crippen LogP contribution in [-0.4, -0.2) is 66.9 Å². The molecule has 0 aliphatic rings. The summed E-state index contributed by atoms with van der Waals surface area (Å²) in [5, 5.41) is 5.75. The lowest BCUT2D eigenvalue weighted by molar-refractivity contribution is -0.140. The number of amides is 1. The van der Waals surface area contributed by atoms with Gasteiger partial charge in [-0.15, -0.1) is 0 Å². The molecule has 0 spiro atoms. The van der Waals surface area contributed by atoms with E-state index in [0.29, 0.717) is 31.0 Å². The standard InChI is InChI=1S/C35H49N4O8P/c1-7-45-48(42,46-8-2)32(33(40)43-6)39-31-29(24-26-16-12-11-13-17-26)38-30(25-37-31)27-18-20-28(21-19-27)44-23-15-10-9-14-22-36-34(41)47-35(3,4)5/h11-13,16-21,25,32H,7-10,14-15,22-24H2,1-6H3,(H,36,41)(H,37,39). The number of benzene rings is 2. The van der Waals surface area contributed by atoms with Crippen molar-refractivity contribution in [1.82, 2.24) is 15.3 Å². The third-order valence-electron chi connectivity index (χ3n) is 6.85. The lowest BCUT2D eigenvalue weighted by atomic mass is 10.1. The Hall–Kier alpha value is -3.99. The van der Waals surface area contributed by atoms with Crippen LogP contribution in [0.4, 0.5) is 10.6 Å². The van der Waals surface area contributed by atoms with Crippen molar-refractivity contribution >= 4 is 25.5 Å². The zero-order valence-corrected chi connectivity index (χ0v) is 29.7. The van der Waals surface area contributed by atoms with E-state index in [1.54, 1.807) is 20.0 Å². The predicted octanol–water partition coefficient (Wildman–Crippen LogP) is 7.38. The number of hydrogen-bond donors (Lipinski definition) is 2. The van der Waals surface area contributed by atoms with Crippen LogP contribution >= 0.6 is 7.60 Å². The second-order valence-corrected chi connectivity index (χ2v) is 14.0. The summed E-state index contributed by atoms with van der Waals surface area (Å²) >= 11 is 0. The summed E-state index contributed by atoms with van der Waals surface area (Å²) in [7, 11) is -2.75. The van der Waals surface area contributed by atoms with Gasteiger partial charge >= 0.3 is 19.7 Å². The molecule has 0 aliphatic carbocycles. The van der Waals surface area contributed by atoms with E-state index in [9.17, 15) is 14.2 Å². The predicted molar refractivity (Wildman–Crippen MR) is 185 cm³/mol. The maximum absolute atomic E-state index is 13.6. The highest BCUT2D eigenvalue weighted by atomic mass is 31.2. The fourth-order valence-electron chi connectivity index (χ4n) is 4.65. The van der Waals surface area contributed by atoms with Gasteiger partial charge in [-0.1, -0.05) is 43.2 Å². The number of carbonyl (C=O) groups is 2. The van der Waals surface area contributed by atoms with Crippen molar-refractivity contribution in [2.45, 2.75) is 78.1 Å². The number of aromatic nitrogens is 2. The molecule has 1 amide bonds. The molecule has 2 N–H and O–H groups in total. The van der Waals surface area contributed by atoms with Gasteiger partial charge in [-0.25, -0.2) is 19.6 Å². The summed E-state index contributed by atoms with van der Waals surface area (Å²) in [6.07, 6.45) is 5.31. The normalized spacial score (nSPS) is 12.2. The monoisotopic (exact) mass is 684 g/mol. The minimum absolute atomic E-state index is 0.0722. The van der Waals surface area contributed by atoms with Gasteiger partial charge in [0.05, 0.1) is 44.5 Å². The highest BCUT2D eigenvalue weighted by Crippen LogP contribution is 2.53. The van der Waals surface area contributed by atoms with Gasteiger partial charge in [0, 0.05) is 18.5 Å². The SMILES string of the molecule is CCOP(=O)(OCC)C(Nc1ncc(-c2ccc(OCCCCCCNC(=O)OC(C)(C)C)cc2)nc1Cc1ccccc1)C(=O)OC. The number of nitrogens with zero attached hydrogens (tertiary/aromatic N) is 2. The summed E-state index contributed by atoms with van der Waals surface area (Å²) in [6.45, 7) is 10.2. The molecule has 0 saturated carbocycles. The molecule has 262 valence electrons. The Balaban J connectivity index is 1.66. The molecule has 0 saturated heterocycles. The molecular formula is C35H49N4O8P. The summed E-state index contributed by atoms with van der Waals surface area (Å²) in [5.74, 6) is -1.24. The first-order chi connectivity index (χ1) is 23.0. The Morgan fingerprint density at radius 2 is 1.58 bits per heavy atom. The van der Waals surface area contributed by atoms with Crippen molar-refractivity contribution in [2.75, 3.05) is 38.8 Å². The van der Waals surface area contributed by atoms with Crippen LogP contribution in [0.2, 0.25) is 0 Å². The van der Waals surface area contributed by atoms with Gasteiger partial charge in [0.1, 0.15) is 17.2 Å². The molecule has 1 atom stereocenters. The van der Waals surface area contributed by atoms with Crippen molar-refractivity contribution in [3.8, 4) is 17.0 Å². The number of ether oxygens (including phenoxy) is 3. The number of nitrogens with one attached hydrogen (secondary N) is 2. The molecular weight excluding hydrogens is 635 g/mol. The zero-order chi connectivity index (χ0) is 35.0. The summed E-state index contributed by atoms with van der Waals surface area (Å²) in [4.78, 5) is 34.0. The number of carbonyl (C=O) groups excluding carboxylic acids is 2. The van der Waals surface area contributed by atoms with E-state index in [1.165, 1.54) is 7.11 Å². The largest absolute Gasteiger partial charge is 0.494 e. The first kappa shape index (κ1) is 38.5. The number of anilines is 1. The van der Waals surface area contributed by atoms with Crippen LogP contribution in [-0.2, 0) is 34.3 Å². The Kier molecular flexibility index (Phi) is 15.3. The molecule has 1 aromatic heterocycles. The molecule has 1 unspecified atom stereocenters. The van der Waals surface area contributed by atoms with Crippen LogP contribution in [0.3, 0.4) is 0 Å². The fraction of sp³-hybridized carbons (Fsp3) is 0.486. The fourth-order valence-corrected chi connectivity index (χ4v) is 6.39. The number of esters is 1. The molecule has 0 aliphatic heterocycles. The van der Waals surface area contributed by atoms with Gasteiger partial charge in [0.15, 0.2) is 0 Å². The van der Waals surface area contributed by atoms with Crippen LogP contribution in [0.15, 0.2) is 60.8 Å². The van der Waals surface area contributed by atoms with Gasteiger partial charge in [0.2, 0.25) is 5.78 Å². The van der Waals surface area contributed by atoms with Crippen molar-refractivity contribution in [2.24, 2.45) is 0 Å². The van der Waals surface area contributed by atoms with Crippen LogP contribution < -0.4 is 15.4 Å². The molecule has 48 heavy (non-hydrogen) atoms. The highest BCUT2D eigenvalue weighted by molar-refractivity contribution is 7.55. The molecule has 2 aromatic carbocycles. The van der Waals surface area contributed by atoms with E-state index in [0.717, 1.165) is 42.6 Å². The minimum atomic E-state index is -3.96. The molecule has 0 bridgehead atoms. The van der Waals surface area contributed by atoms with Gasteiger partial charge in [-0.3, -0.25) is 4.57 Å².